The quantitative estimate of drug-likeness (QED) is 0.779. The Hall–Kier alpha value is -1.03. The van der Waals surface area contributed by atoms with Crippen LogP contribution in [0.25, 0.3) is 0 Å². The molecule has 1 fully saturated rings. The van der Waals surface area contributed by atoms with Crippen LogP contribution in [0.3, 0.4) is 0 Å². The molecule has 82 valence electrons. The first-order valence-electron chi connectivity index (χ1n) is 5.15. The monoisotopic (exact) mass is 227 g/mol. The molecule has 5 heteroatoms. The van der Waals surface area contributed by atoms with Crippen LogP contribution in [0, 0.1) is 5.92 Å². The Balaban J connectivity index is 1.93. The van der Waals surface area contributed by atoms with Gasteiger partial charge in [0.1, 0.15) is 0 Å². The lowest BCUT2D eigenvalue weighted by Crippen LogP contribution is -2.38. The number of carbonyl (C=O) groups is 1. The normalized spacial score (nSPS) is 18.1. The highest BCUT2D eigenvalue weighted by molar-refractivity contribution is 6.18. The Morgan fingerprint density at radius 3 is 2.87 bits per heavy atom. The summed E-state index contributed by atoms with van der Waals surface area (Å²) in [6, 6.07) is 0. The third kappa shape index (κ3) is 2.31. The summed E-state index contributed by atoms with van der Waals surface area (Å²) in [5.74, 6) is 1.34. The predicted octanol–water partition coefficient (Wildman–Crippen LogP) is 1.50. The third-order valence-electron chi connectivity index (χ3n) is 2.87. The second kappa shape index (κ2) is 4.66. The number of piperidine rings is 1. The third-order valence-corrected chi connectivity index (χ3v) is 3.30. The van der Waals surface area contributed by atoms with Gasteiger partial charge in [-0.1, -0.05) is 0 Å². The van der Waals surface area contributed by atoms with Crippen molar-refractivity contribution in [2.75, 3.05) is 19.0 Å². The number of aromatic amines is 1. The maximum Gasteiger partial charge on any atom is 0.257 e. The van der Waals surface area contributed by atoms with Gasteiger partial charge in [0.25, 0.3) is 5.91 Å². The molecule has 0 atom stereocenters. The number of rotatable bonds is 2. The zero-order chi connectivity index (χ0) is 10.7. The van der Waals surface area contributed by atoms with Crippen molar-refractivity contribution in [1.29, 1.82) is 0 Å². The van der Waals surface area contributed by atoms with Gasteiger partial charge in [-0.15, -0.1) is 11.6 Å². The van der Waals surface area contributed by atoms with E-state index in [4.69, 9.17) is 11.6 Å². The highest BCUT2D eigenvalue weighted by Gasteiger charge is 2.23. The van der Waals surface area contributed by atoms with Crippen molar-refractivity contribution in [3.8, 4) is 0 Å². The van der Waals surface area contributed by atoms with Crippen molar-refractivity contribution >= 4 is 17.5 Å². The van der Waals surface area contributed by atoms with Crippen LogP contribution in [0.2, 0.25) is 0 Å². The topological polar surface area (TPSA) is 49.0 Å². The van der Waals surface area contributed by atoms with Crippen LogP contribution < -0.4 is 0 Å². The molecule has 0 unspecified atom stereocenters. The molecule has 1 aliphatic rings. The van der Waals surface area contributed by atoms with E-state index in [9.17, 15) is 4.79 Å². The van der Waals surface area contributed by atoms with Crippen molar-refractivity contribution < 1.29 is 4.79 Å². The number of nitrogens with one attached hydrogen (secondary N) is 1. The molecule has 15 heavy (non-hydrogen) atoms. The van der Waals surface area contributed by atoms with Gasteiger partial charge in [0.2, 0.25) is 0 Å². The number of H-pyrrole nitrogens is 1. The van der Waals surface area contributed by atoms with E-state index in [0.29, 0.717) is 17.4 Å². The zero-order valence-electron chi connectivity index (χ0n) is 8.45. The number of hydrogen-bond donors (Lipinski definition) is 1. The van der Waals surface area contributed by atoms with E-state index in [2.05, 4.69) is 10.2 Å². The van der Waals surface area contributed by atoms with Gasteiger partial charge >= 0.3 is 0 Å². The van der Waals surface area contributed by atoms with Crippen molar-refractivity contribution in [2.24, 2.45) is 5.92 Å². The number of alkyl halides is 1. The second-order valence-electron chi connectivity index (χ2n) is 3.88. The molecule has 0 aliphatic carbocycles. The second-order valence-corrected chi connectivity index (χ2v) is 4.19. The lowest BCUT2D eigenvalue weighted by molar-refractivity contribution is 0.0698. The molecule has 1 aromatic rings. The van der Waals surface area contributed by atoms with Gasteiger partial charge in [0, 0.05) is 25.2 Å². The molecule has 4 nitrogen and oxygen atoms in total. The Morgan fingerprint density at radius 2 is 2.33 bits per heavy atom. The fraction of sp³-hybridized carbons (Fsp3) is 0.600. The number of likely N-dealkylation sites (tertiary alicyclic amines) is 1. The summed E-state index contributed by atoms with van der Waals surface area (Å²) in [7, 11) is 0. The highest BCUT2D eigenvalue weighted by atomic mass is 35.5. The highest BCUT2D eigenvalue weighted by Crippen LogP contribution is 2.19. The summed E-state index contributed by atoms with van der Waals surface area (Å²) < 4.78 is 0. The Morgan fingerprint density at radius 1 is 1.60 bits per heavy atom. The molecule has 1 aliphatic heterocycles. The summed E-state index contributed by atoms with van der Waals surface area (Å²) in [5.41, 5.74) is 0.638. The van der Waals surface area contributed by atoms with Gasteiger partial charge < -0.3 is 4.90 Å². The van der Waals surface area contributed by atoms with Crippen LogP contribution in [0.15, 0.2) is 12.4 Å². The lowest BCUT2D eigenvalue weighted by atomic mass is 9.98. The molecule has 0 saturated carbocycles. The average molecular weight is 228 g/mol. The van der Waals surface area contributed by atoms with E-state index in [-0.39, 0.29) is 5.91 Å². The van der Waals surface area contributed by atoms with Crippen molar-refractivity contribution in [2.45, 2.75) is 12.8 Å². The fourth-order valence-electron chi connectivity index (χ4n) is 1.84. The summed E-state index contributed by atoms with van der Waals surface area (Å²) in [4.78, 5) is 13.8. The first kappa shape index (κ1) is 10.5. The number of aromatic nitrogens is 2. The molecule has 0 radical (unpaired) electrons. The SMILES string of the molecule is O=C(c1cn[nH]c1)N1CCC(CCl)CC1. The largest absolute Gasteiger partial charge is 0.339 e. The van der Waals surface area contributed by atoms with Crippen LogP contribution in [0.1, 0.15) is 23.2 Å². The van der Waals surface area contributed by atoms with E-state index in [0.717, 1.165) is 25.9 Å². The first-order valence-corrected chi connectivity index (χ1v) is 5.68. The minimum absolute atomic E-state index is 0.0665. The van der Waals surface area contributed by atoms with Gasteiger partial charge in [-0.05, 0) is 18.8 Å². The van der Waals surface area contributed by atoms with Crippen LogP contribution in [0.4, 0.5) is 0 Å². The maximum absolute atomic E-state index is 11.9. The van der Waals surface area contributed by atoms with Gasteiger partial charge in [-0.2, -0.15) is 5.10 Å². The standard InChI is InChI=1S/C10H14ClN3O/c11-5-8-1-3-14(4-2-8)10(15)9-6-12-13-7-9/h6-8H,1-5H2,(H,12,13). The molecular weight excluding hydrogens is 214 g/mol. The summed E-state index contributed by atoms with van der Waals surface area (Å²) in [6.07, 6.45) is 5.21. The average Bonchev–Trinajstić information content (AvgIpc) is 2.82. The molecule has 1 amide bonds. The Kier molecular flexibility index (Phi) is 3.26. The van der Waals surface area contributed by atoms with Crippen LogP contribution >= 0.6 is 11.6 Å². The first-order chi connectivity index (χ1) is 7.31. The molecule has 2 heterocycles. The zero-order valence-corrected chi connectivity index (χ0v) is 9.20. The number of amides is 1. The summed E-state index contributed by atoms with van der Waals surface area (Å²) in [5, 5.41) is 6.43. The van der Waals surface area contributed by atoms with Crippen molar-refractivity contribution in [3.05, 3.63) is 18.0 Å². The van der Waals surface area contributed by atoms with Gasteiger partial charge in [0.15, 0.2) is 0 Å². The van der Waals surface area contributed by atoms with E-state index >= 15 is 0 Å². The van der Waals surface area contributed by atoms with Crippen molar-refractivity contribution in [1.82, 2.24) is 15.1 Å². The van der Waals surface area contributed by atoms with E-state index in [1.54, 1.807) is 12.4 Å². The fourth-order valence-corrected chi connectivity index (χ4v) is 2.15. The van der Waals surface area contributed by atoms with E-state index in [1.165, 1.54) is 0 Å². The summed E-state index contributed by atoms with van der Waals surface area (Å²) in [6.45, 7) is 1.61. The van der Waals surface area contributed by atoms with E-state index in [1.807, 2.05) is 4.90 Å². The van der Waals surface area contributed by atoms with Crippen LogP contribution in [-0.4, -0.2) is 40.0 Å². The number of halogens is 1. The minimum atomic E-state index is 0.0665. The smallest absolute Gasteiger partial charge is 0.257 e. The molecule has 1 aromatic heterocycles. The molecule has 0 bridgehead atoms. The Bertz CT molecular complexity index is 317. The lowest BCUT2D eigenvalue weighted by Gasteiger charge is -2.30. The molecule has 2 rings (SSSR count). The van der Waals surface area contributed by atoms with Crippen LogP contribution in [0.5, 0.6) is 0 Å². The Labute approximate surface area is 93.6 Å². The van der Waals surface area contributed by atoms with Gasteiger partial charge in [-0.25, -0.2) is 0 Å². The predicted molar refractivity (Wildman–Crippen MR) is 57.9 cm³/mol. The van der Waals surface area contributed by atoms with Gasteiger partial charge in [0.05, 0.1) is 11.8 Å². The number of nitrogens with zero attached hydrogens (tertiary/aromatic N) is 2. The van der Waals surface area contributed by atoms with Crippen molar-refractivity contribution in [3.63, 3.8) is 0 Å². The van der Waals surface area contributed by atoms with Gasteiger partial charge in [-0.3, -0.25) is 9.89 Å². The summed E-state index contributed by atoms with van der Waals surface area (Å²) >= 11 is 5.79. The molecule has 1 saturated heterocycles. The molecular formula is C10H14ClN3O. The maximum atomic E-state index is 11.9. The molecule has 1 N–H and O–H groups in total. The molecule has 0 spiro atoms. The van der Waals surface area contributed by atoms with E-state index < -0.39 is 0 Å². The number of carbonyl (C=O) groups excluding carboxylic acids is 1. The van der Waals surface area contributed by atoms with Crippen LogP contribution in [-0.2, 0) is 0 Å². The minimum Gasteiger partial charge on any atom is -0.339 e. The number of hydrogen-bond acceptors (Lipinski definition) is 2. The molecule has 0 aromatic carbocycles.